The summed E-state index contributed by atoms with van der Waals surface area (Å²) in [6.07, 6.45) is 6.73. The molecule has 2 aliphatic heterocycles. The third-order valence-corrected chi connectivity index (χ3v) is 5.23. The summed E-state index contributed by atoms with van der Waals surface area (Å²) in [5.41, 5.74) is -1.27. The summed E-state index contributed by atoms with van der Waals surface area (Å²) in [6.45, 7) is 3.77. The van der Waals surface area contributed by atoms with Crippen LogP contribution in [0.1, 0.15) is 25.7 Å². The molecule has 0 aliphatic carbocycles. The molecular weight excluding hydrogens is 334 g/mol. The van der Waals surface area contributed by atoms with E-state index in [4.69, 9.17) is 9.47 Å². The lowest BCUT2D eigenvalue weighted by atomic mass is 9.90. The van der Waals surface area contributed by atoms with Gasteiger partial charge in [0.05, 0.1) is 12.8 Å². The molecule has 0 spiro atoms. The van der Waals surface area contributed by atoms with E-state index in [1.54, 1.807) is 24.4 Å². The summed E-state index contributed by atoms with van der Waals surface area (Å²) in [7, 11) is 1.62. The second-order valence-corrected chi connectivity index (χ2v) is 7.20. The van der Waals surface area contributed by atoms with Crippen LogP contribution in [0.15, 0.2) is 24.5 Å². The van der Waals surface area contributed by atoms with E-state index >= 15 is 0 Å². The normalized spacial score (nSPS) is 25.5. The molecular formula is C19H29N3O4. The molecule has 7 nitrogen and oxygen atoms in total. The Balaban J connectivity index is 1.49. The molecule has 1 N–H and O–H groups in total. The Morgan fingerprint density at radius 3 is 2.85 bits per heavy atom. The lowest BCUT2D eigenvalue weighted by Gasteiger charge is -2.42. The van der Waals surface area contributed by atoms with E-state index in [-0.39, 0.29) is 12.0 Å². The number of rotatable bonds is 7. The number of pyridine rings is 1. The SMILES string of the molecule is COCCN1CCCC(O)(CN2CCC(Oc3cccnc3)CC2)C1=O. The van der Waals surface area contributed by atoms with E-state index in [1.807, 2.05) is 12.1 Å². The molecule has 144 valence electrons. The predicted octanol–water partition coefficient (Wildman–Crippen LogP) is 0.925. The van der Waals surface area contributed by atoms with Gasteiger partial charge in [-0.1, -0.05) is 0 Å². The molecule has 0 saturated carbocycles. The number of amides is 1. The Kier molecular flexibility index (Phi) is 6.45. The monoisotopic (exact) mass is 363 g/mol. The Hall–Kier alpha value is -1.70. The van der Waals surface area contributed by atoms with Crippen LogP contribution in [0.25, 0.3) is 0 Å². The number of methoxy groups -OCH3 is 1. The zero-order valence-corrected chi connectivity index (χ0v) is 15.5. The average Bonchev–Trinajstić information content (AvgIpc) is 2.66. The predicted molar refractivity (Wildman–Crippen MR) is 97.0 cm³/mol. The van der Waals surface area contributed by atoms with Crippen molar-refractivity contribution in [3.8, 4) is 5.75 Å². The van der Waals surface area contributed by atoms with E-state index in [2.05, 4.69) is 9.88 Å². The fraction of sp³-hybridized carbons (Fsp3) is 0.684. The number of hydrogen-bond donors (Lipinski definition) is 1. The number of ether oxygens (including phenoxy) is 2. The molecule has 26 heavy (non-hydrogen) atoms. The Morgan fingerprint density at radius 2 is 2.15 bits per heavy atom. The molecule has 0 aromatic carbocycles. The van der Waals surface area contributed by atoms with Crippen LogP contribution in [-0.2, 0) is 9.53 Å². The molecule has 0 radical (unpaired) electrons. The van der Waals surface area contributed by atoms with Gasteiger partial charge in [-0.25, -0.2) is 0 Å². The molecule has 3 heterocycles. The van der Waals surface area contributed by atoms with Gasteiger partial charge in [0, 0.05) is 46.0 Å². The number of carbonyl (C=O) groups is 1. The van der Waals surface area contributed by atoms with Crippen molar-refractivity contribution in [2.24, 2.45) is 0 Å². The highest BCUT2D eigenvalue weighted by Gasteiger charge is 2.43. The maximum absolute atomic E-state index is 12.7. The van der Waals surface area contributed by atoms with Crippen LogP contribution in [0, 0.1) is 0 Å². The van der Waals surface area contributed by atoms with Gasteiger partial charge >= 0.3 is 0 Å². The van der Waals surface area contributed by atoms with Gasteiger partial charge in [0.1, 0.15) is 11.9 Å². The van der Waals surface area contributed by atoms with E-state index < -0.39 is 5.60 Å². The standard InChI is InChI=1S/C19H29N3O4/c1-25-13-12-22-9-3-7-19(24,18(22)23)15-21-10-5-16(6-11-21)26-17-4-2-8-20-14-17/h2,4,8,14,16,24H,3,5-7,9-13,15H2,1H3. The largest absolute Gasteiger partial charge is 0.489 e. The van der Waals surface area contributed by atoms with Crippen LogP contribution in [0.5, 0.6) is 5.75 Å². The summed E-state index contributed by atoms with van der Waals surface area (Å²) in [5.74, 6) is 0.635. The van der Waals surface area contributed by atoms with E-state index in [0.29, 0.717) is 32.7 Å². The van der Waals surface area contributed by atoms with Gasteiger partial charge in [0.15, 0.2) is 5.60 Å². The number of carbonyl (C=O) groups excluding carboxylic acids is 1. The molecule has 1 atom stereocenters. The Bertz CT molecular complexity index is 577. The minimum absolute atomic E-state index is 0.158. The number of piperidine rings is 2. The van der Waals surface area contributed by atoms with Crippen molar-refractivity contribution in [2.45, 2.75) is 37.4 Å². The first-order chi connectivity index (χ1) is 12.6. The van der Waals surface area contributed by atoms with Crippen LogP contribution in [0.3, 0.4) is 0 Å². The average molecular weight is 363 g/mol. The third kappa shape index (κ3) is 4.72. The van der Waals surface area contributed by atoms with Gasteiger partial charge in [-0.15, -0.1) is 0 Å². The van der Waals surface area contributed by atoms with Gasteiger partial charge in [-0.3, -0.25) is 14.7 Å². The number of likely N-dealkylation sites (tertiary alicyclic amines) is 2. The van der Waals surface area contributed by atoms with Gasteiger partial charge in [0.2, 0.25) is 0 Å². The van der Waals surface area contributed by atoms with Crippen LogP contribution in [-0.4, -0.2) is 83.9 Å². The fourth-order valence-corrected chi connectivity index (χ4v) is 3.79. The first-order valence-corrected chi connectivity index (χ1v) is 9.40. The number of β-amino-alcohol motifs (C(OH)–C–C–N with tert-alkyl or cyclic N) is 1. The first kappa shape index (κ1) is 19.1. The first-order valence-electron chi connectivity index (χ1n) is 9.40. The maximum Gasteiger partial charge on any atom is 0.255 e. The Labute approximate surface area is 154 Å². The van der Waals surface area contributed by atoms with Crippen LogP contribution >= 0.6 is 0 Å². The molecule has 2 fully saturated rings. The van der Waals surface area contributed by atoms with Gasteiger partial charge in [0.25, 0.3) is 5.91 Å². The lowest BCUT2D eigenvalue weighted by Crippen LogP contribution is -2.59. The topological polar surface area (TPSA) is 75.1 Å². The number of aromatic nitrogens is 1. The minimum atomic E-state index is -1.27. The van der Waals surface area contributed by atoms with Gasteiger partial charge < -0.3 is 19.5 Å². The third-order valence-electron chi connectivity index (χ3n) is 5.23. The summed E-state index contributed by atoms with van der Waals surface area (Å²) in [5, 5.41) is 10.9. The minimum Gasteiger partial charge on any atom is -0.489 e. The van der Waals surface area contributed by atoms with Crippen molar-refractivity contribution in [1.82, 2.24) is 14.8 Å². The summed E-state index contributed by atoms with van der Waals surface area (Å²) in [4.78, 5) is 20.7. The molecule has 1 aromatic rings. The quantitative estimate of drug-likeness (QED) is 0.777. The molecule has 1 aromatic heterocycles. The van der Waals surface area contributed by atoms with Crippen LogP contribution in [0.2, 0.25) is 0 Å². The summed E-state index contributed by atoms with van der Waals surface area (Å²) >= 11 is 0. The summed E-state index contributed by atoms with van der Waals surface area (Å²) in [6, 6.07) is 3.78. The fourth-order valence-electron chi connectivity index (χ4n) is 3.79. The number of nitrogens with zero attached hydrogens (tertiary/aromatic N) is 3. The zero-order valence-electron chi connectivity index (χ0n) is 15.5. The van der Waals surface area contributed by atoms with E-state index in [9.17, 15) is 9.90 Å². The number of aliphatic hydroxyl groups is 1. The molecule has 1 unspecified atom stereocenters. The van der Waals surface area contributed by atoms with Crippen molar-refractivity contribution in [2.75, 3.05) is 46.4 Å². The van der Waals surface area contributed by atoms with Crippen molar-refractivity contribution in [3.05, 3.63) is 24.5 Å². The van der Waals surface area contributed by atoms with Crippen molar-refractivity contribution < 1.29 is 19.4 Å². The maximum atomic E-state index is 12.7. The smallest absolute Gasteiger partial charge is 0.255 e. The summed E-state index contributed by atoms with van der Waals surface area (Å²) < 4.78 is 11.0. The van der Waals surface area contributed by atoms with Gasteiger partial charge in [-0.05, 0) is 37.8 Å². The molecule has 1 amide bonds. The molecule has 0 bridgehead atoms. The van der Waals surface area contributed by atoms with Crippen LogP contribution in [0.4, 0.5) is 0 Å². The van der Waals surface area contributed by atoms with E-state index in [1.165, 1.54) is 0 Å². The molecule has 7 heteroatoms. The van der Waals surface area contributed by atoms with Crippen molar-refractivity contribution >= 4 is 5.91 Å². The number of hydrogen-bond acceptors (Lipinski definition) is 6. The second kappa shape index (κ2) is 8.79. The highest BCUT2D eigenvalue weighted by Crippen LogP contribution is 2.26. The molecule has 2 saturated heterocycles. The van der Waals surface area contributed by atoms with E-state index in [0.717, 1.165) is 38.1 Å². The van der Waals surface area contributed by atoms with Crippen molar-refractivity contribution in [3.63, 3.8) is 0 Å². The Morgan fingerprint density at radius 1 is 1.35 bits per heavy atom. The molecule has 2 aliphatic rings. The second-order valence-electron chi connectivity index (χ2n) is 7.20. The van der Waals surface area contributed by atoms with Gasteiger partial charge in [-0.2, -0.15) is 0 Å². The molecule has 3 rings (SSSR count). The highest BCUT2D eigenvalue weighted by atomic mass is 16.5. The van der Waals surface area contributed by atoms with Crippen LogP contribution < -0.4 is 4.74 Å². The highest BCUT2D eigenvalue weighted by molar-refractivity contribution is 5.86. The lowest BCUT2D eigenvalue weighted by molar-refractivity contribution is -0.160. The van der Waals surface area contributed by atoms with Crippen molar-refractivity contribution in [1.29, 1.82) is 0 Å². The zero-order chi connectivity index (χ0) is 18.4.